The number of carbonyl (C=O) groups is 2. The Kier molecular flexibility index (Phi) is 4.28. The molecule has 1 aliphatic carbocycles. The van der Waals surface area contributed by atoms with Crippen LogP contribution in [0.2, 0.25) is 5.02 Å². The second-order valence-corrected chi connectivity index (χ2v) is 6.91. The van der Waals surface area contributed by atoms with Gasteiger partial charge in [-0.05, 0) is 43.2 Å². The van der Waals surface area contributed by atoms with Gasteiger partial charge < -0.3 is 10.6 Å². The Morgan fingerprint density at radius 3 is 2.52 bits per heavy atom. The number of carbonyl (C=O) groups excluding carboxylic acids is 2. The maximum Gasteiger partial charge on any atom is 0.240 e. The number of amides is 2. The van der Waals surface area contributed by atoms with Crippen LogP contribution in [0, 0.1) is 11.2 Å². The highest BCUT2D eigenvalue weighted by molar-refractivity contribution is 6.31. The summed E-state index contributed by atoms with van der Waals surface area (Å²) in [6.07, 6.45) is 2.53. The molecule has 0 unspecified atom stereocenters. The van der Waals surface area contributed by atoms with Gasteiger partial charge in [0.1, 0.15) is 11.2 Å². The number of halogens is 2. The molecule has 1 fully saturated rings. The fraction of sp³-hybridized carbons (Fsp3) is 0.150. The molecular weight excluding hydrogens is 369 g/mol. The van der Waals surface area contributed by atoms with Crippen LogP contribution in [-0.4, -0.2) is 16.8 Å². The van der Waals surface area contributed by atoms with Gasteiger partial charge in [0.15, 0.2) is 0 Å². The van der Waals surface area contributed by atoms with Gasteiger partial charge in [0.05, 0.1) is 16.2 Å². The highest BCUT2D eigenvalue weighted by Gasteiger charge is 2.56. The third-order valence-corrected chi connectivity index (χ3v) is 4.97. The Morgan fingerprint density at radius 1 is 1.04 bits per heavy atom. The molecule has 0 spiro atoms. The Hall–Kier alpha value is -2.99. The van der Waals surface area contributed by atoms with Gasteiger partial charge in [0, 0.05) is 17.3 Å². The summed E-state index contributed by atoms with van der Waals surface area (Å²) >= 11 is 5.74. The first-order chi connectivity index (χ1) is 13.0. The van der Waals surface area contributed by atoms with E-state index in [1.807, 2.05) is 24.3 Å². The van der Waals surface area contributed by atoms with Gasteiger partial charge in [-0.2, -0.15) is 0 Å². The fourth-order valence-corrected chi connectivity index (χ4v) is 3.13. The maximum atomic E-state index is 13.3. The van der Waals surface area contributed by atoms with Crippen molar-refractivity contribution in [1.82, 2.24) is 4.98 Å². The standard InChI is InChI=1S/C20H15ClFN3O2/c21-14-11-13(6-7-15(14)22)24-18(26)20(8-9-20)19(27)25-16-5-1-3-12-4-2-10-23-17(12)16/h1-7,10-11H,8-9H2,(H,24,26)(H,25,27). The van der Waals surface area contributed by atoms with Crippen LogP contribution in [0.5, 0.6) is 0 Å². The zero-order valence-corrected chi connectivity index (χ0v) is 14.9. The first-order valence-electron chi connectivity index (χ1n) is 8.41. The summed E-state index contributed by atoms with van der Waals surface area (Å²) in [5.74, 6) is -1.39. The molecular formula is C20H15ClFN3O2. The van der Waals surface area contributed by atoms with E-state index in [-0.39, 0.29) is 10.9 Å². The summed E-state index contributed by atoms with van der Waals surface area (Å²) in [6, 6.07) is 13.1. The normalized spacial score (nSPS) is 14.6. The van der Waals surface area contributed by atoms with Crippen LogP contribution >= 0.6 is 11.6 Å². The van der Waals surface area contributed by atoms with Gasteiger partial charge in [0.25, 0.3) is 0 Å². The van der Waals surface area contributed by atoms with Crippen molar-refractivity contribution >= 4 is 45.7 Å². The van der Waals surface area contributed by atoms with Crippen molar-refractivity contribution in [3.8, 4) is 0 Å². The monoisotopic (exact) mass is 383 g/mol. The van der Waals surface area contributed by atoms with Crippen LogP contribution in [0.3, 0.4) is 0 Å². The van der Waals surface area contributed by atoms with Crippen LogP contribution in [0.25, 0.3) is 10.9 Å². The molecule has 7 heteroatoms. The van der Waals surface area contributed by atoms with Gasteiger partial charge >= 0.3 is 0 Å². The smallest absolute Gasteiger partial charge is 0.240 e. The molecule has 1 aliphatic rings. The van der Waals surface area contributed by atoms with Gasteiger partial charge in [-0.3, -0.25) is 14.6 Å². The minimum atomic E-state index is -1.14. The molecule has 0 radical (unpaired) electrons. The van der Waals surface area contributed by atoms with Crippen molar-refractivity contribution in [3.05, 3.63) is 65.6 Å². The Bertz CT molecular complexity index is 1060. The molecule has 4 rings (SSSR count). The maximum absolute atomic E-state index is 13.3. The average molecular weight is 384 g/mol. The summed E-state index contributed by atoms with van der Waals surface area (Å²) < 4.78 is 13.3. The zero-order chi connectivity index (χ0) is 19.0. The number of benzene rings is 2. The minimum Gasteiger partial charge on any atom is -0.325 e. The van der Waals surface area contributed by atoms with Crippen molar-refractivity contribution in [3.63, 3.8) is 0 Å². The highest BCUT2D eigenvalue weighted by atomic mass is 35.5. The quantitative estimate of drug-likeness (QED) is 0.656. The molecule has 3 aromatic rings. The molecule has 0 bridgehead atoms. The van der Waals surface area contributed by atoms with E-state index in [1.54, 1.807) is 12.3 Å². The third-order valence-electron chi connectivity index (χ3n) is 4.68. The highest BCUT2D eigenvalue weighted by Crippen LogP contribution is 2.47. The summed E-state index contributed by atoms with van der Waals surface area (Å²) in [4.78, 5) is 29.8. The predicted molar refractivity (Wildman–Crippen MR) is 102 cm³/mol. The molecule has 136 valence electrons. The molecule has 1 saturated carbocycles. The lowest BCUT2D eigenvalue weighted by Crippen LogP contribution is -2.35. The lowest BCUT2D eigenvalue weighted by Gasteiger charge is -2.16. The van der Waals surface area contributed by atoms with Crippen molar-refractivity contribution in [1.29, 1.82) is 0 Å². The van der Waals surface area contributed by atoms with E-state index < -0.39 is 17.1 Å². The predicted octanol–water partition coefficient (Wildman–Crippen LogP) is 4.38. The second kappa shape index (κ2) is 6.63. The van der Waals surface area contributed by atoms with Crippen molar-refractivity contribution in [2.75, 3.05) is 10.6 Å². The van der Waals surface area contributed by atoms with Gasteiger partial charge in [0.2, 0.25) is 11.8 Å². The topological polar surface area (TPSA) is 71.1 Å². The average Bonchev–Trinajstić information content (AvgIpc) is 3.47. The van der Waals surface area contributed by atoms with Gasteiger partial charge in [-0.15, -0.1) is 0 Å². The van der Waals surface area contributed by atoms with E-state index in [9.17, 15) is 14.0 Å². The molecule has 2 N–H and O–H groups in total. The van der Waals surface area contributed by atoms with Crippen molar-refractivity contribution in [2.24, 2.45) is 5.41 Å². The Morgan fingerprint density at radius 2 is 1.78 bits per heavy atom. The van der Waals surface area contributed by atoms with Crippen LogP contribution in [0.1, 0.15) is 12.8 Å². The number of fused-ring (bicyclic) bond motifs is 1. The lowest BCUT2D eigenvalue weighted by atomic mass is 10.0. The van der Waals surface area contributed by atoms with Crippen molar-refractivity contribution < 1.29 is 14.0 Å². The molecule has 5 nitrogen and oxygen atoms in total. The minimum absolute atomic E-state index is 0.0936. The largest absolute Gasteiger partial charge is 0.325 e. The number of pyridine rings is 1. The number of nitrogens with one attached hydrogen (secondary N) is 2. The number of anilines is 2. The van der Waals surface area contributed by atoms with E-state index >= 15 is 0 Å². The van der Waals surface area contributed by atoms with Crippen LogP contribution in [0.4, 0.5) is 15.8 Å². The lowest BCUT2D eigenvalue weighted by molar-refractivity contribution is -0.131. The van der Waals surface area contributed by atoms with E-state index in [0.717, 1.165) is 5.39 Å². The number of rotatable bonds is 4. The SMILES string of the molecule is O=C(Nc1ccc(F)c(Cl)c1)C1(C(=O)Nc2cccc3cccnc23)CC1. The number of para-hydroxylation sites is 1. The van der Waals surface area contributed by atoms with Crippen LogP contribution < -0.4 is 10.6 Å². The molecule has 2 amide bonds. The Balaban J connectivity index is 1.54. The van der Waals surface area contributed by atoms with Crippen LogP contribution in [0.15, 0.2) is 54.7 Å². The molecule has 1 aromatic heterocycles. The van der Waals surface area contributed by atoms with E-state index in [1.165, 1.54) is 18.2 Å². The van der Waals surface area contributed by atoms with E-state index in [0.29, 0.717) is 29.7 Å². The molecule has 0 saturated heterocycles. The first-order valence-corrected chi connectivity index (χ1v) is 8.79. The zero-order valence-electron chi connectivity index (χ0n) is 14.1. The Labute approximate surface area is 159 Å². The molecule has 27 heavy (non-hydrogen) atoms. The summed E-state index contributed by atoms with van der Waals surface area (Å²) in [7, 11) is 0. The fourth-order valence-electron chi connectivity index (χ4n) is 2.95. The second-order valence-electron chi connectivity index (χ2n) is 6.50. The van der Waals surface area contributed by atoms with Gasteiger partial charge in [-0.25, -0.2) is 4.39 Å². The summed E-state index contributed by atoms with van der Waals surface area (Å²) in [6.45, 7) is 0. The molecule has 2 aromatic carbocycles. The van der Waals surface area contributed by atoms with Crippen molar-refractivity contribution in [2.45, 2.75) is 12.8 Å². The number of hydrogen-bond donors (Lipinski definition) is 2. The third kappa shape index (κ3) is 3.24. The summed E-state index contributed by atoms with van der Waals surface area (Å²) in [5.41, 5.74) is 0.423. The molecule has 0 aliphatic heterocycles. The number of nitrogens with zero attached hydrogens (tertiary/aromatic N) is 1. The molecule has 0 atom stereocenters. The van der Waals surface area contributed by atoms with Crippen LogP contribution in [-0.2, 0) is 9.59 Å². The van der Waals surface area contributed by atoms with Gasteiger partial charge in [-0.1, -0.05) is 29.8 Å². The summed E-state index contributed by atoms with van der Waals surface area (Å²) in [5, 5.41) is 6.28. The first kappa shape index (κ1) is 17.4. The van der Waals surface area contributed by atoms with E-state index in [4.69, 9.17) is 11.6 Å². The molecule has 1 heterocycles. The number of aromatic nitrogens is 1. The van der Waals surface area contributed by atoms with E-state index in [2.05, 4.69) is 15.6 Å². The number of hydrogen-bond acceptors (Lipinski definition) is 3.